The smallest absolute Gasteiger partial charge is 0.411 e. The molecule has 0 saturated heterocycles. The van der Waals surface area contributed by atoms with Gasteiger partial charge in [-0.25, -0.2) is 13.9 Å². The third-order valence-electron chi connectivity index (χ3n) is 4.49. The van der Waals surface area contributed by atoms with Crippen LogP contribution in [0.4, 0.5) is 20.6 Å². The zero-order chi connectivity index (χ0) is 21.8. The summed E-state index contributed by atoms with van der Waals surface area (Å²) in [5.41, 5.74) is 1.52. The molecule has 2 amide bonds. The highest BCUT2D eigenvalue weighted by atomic mass is 19.1. The van der Waals surface area contributed by atoms with Crippen molar-refractivity contribution >= 4 is 23.4 Å². The Morgan fingerprint density at radius 3 is 2.23 bits per heavy atom. The van der Waals surface area contributed by atoms with E-state index in [0.29, 0.717) is 17.2 Å². The minimum atomic E-state index is -0.589. The van der Waals surface area contributed by atoms with E-state index < -0.39 is 17.8 Å². The predicted molar refractivity (Wildman–Crippen MR) is 113 cm³/mol. The number of ether oxygens (including phenoxy) is 1. The quantitative estimate of drug-likeness (QED) is 0.507. The minimum Gasteiger partial charge on any atom is -0.453 e. The molecule has 0 atom stereocenters. The lowest BCUT2D eigenvalue weighted by Gasteiger charge is -2.12. The number of anilines is 2. The fourth-order valence-corrected chi connectivity index (χ4v) is 3.03. The van der Waals surface area contributed by atoms with Crippen LogP contribution >= 0.6 is 0 Å². The average Bonchev–Trinajstić information content (AvgIpc) is 3.45. The van der Waals surface area contributed by atoms with Crippen molar-refractivity contribution in [1.29, 1.82) is 0 Å². The first-order valence-electron chi connectivity index (χ1n) is 9.29. The molecule has 156 valence electrons. The van der Waals surface area contributed by atoms with Crippen LogP contribution in [0.5, 0.6) is 0 Å². The van der Waals surface area contributed by atoms with Crippen LogP contribution in [0.3, 0.4) is 0 Å². The number of para-hydroxylation sites is 1. The largest absolute Gasteiger partial charge is 0.453 e. The summed E-state index contributed by atoms with van der Waals surface area (Å²) in [5, 5.41) is 9.58. The second-order valence-corrected chi connectivity index (χ2v) is 6.48. The van der Waals surface area contributed by atoms with E-state index in [4.69, 9.17) is 0 Å². The number of rotatable bonds is 5. The van der Waals surface area contributed by atoms with Crippen LogP contribution in [0.2, 0.25) is 0 Å². The number of hydrogen-bond donors (Lipinski definition) is 2. The van der Waals surface area contributed by atoms with Gasteiger partial charge in [0, 0.05) is 23.8 Å². The van der Waals surface area contributed by atoms with Gasteiger partial charge in [0.25, 0.3) is 5.91 Å². The molecule has 0 radical (unpaired) electrons. The summed E-state index contributed by atoms with van der Waals surface area (Å²) in [6.07, 6.45) is 4.30. The van der Waals surface area contributed by atoms with Crippen LogP contribution in [0.15, 0.2) is 79.3 Å². The van der Waals surface area contributed by atoms with E-state index in [1.54, 1.807) is 71.6 Å². The van der Waals surface area contributed by atoms with Crippen LogP contribution < -0.4 is 10.6 Å². The minimum absolute atomic E-state index is 0.225. The standard InChI is InChI=1S/C22H18FN5O3/c1-31-22(30)26-16-10-8-15(9-11-16)25-20(29)17-14-24-28(19-7-3-2-6-18(19)23)21(17)27-12-4-5-13-27/h2-14H,1H3,(H,25,29)(H,26,30). The van der Waals surface area contributed by atoms with E-state index in [-0.39, 0.29) is 11.3 Å². The zero-order valence-corrected chi connectivity index (χ0v) is 16.4. The Bertz CT molecular complexity index is 1220. The van der Waals surface area contributed by atoms with Crippen LogP contribution in [0, 0.1) is 5.82 Å². The number of halogens is 1. The first kappa shape index (κ1) is 19.9. The second kappa shape index (κ2) is 8.54. The maximum Gasteiger partial charge on any atom is 0.411 e. The van der Waals surface area contributed by atoms with Gasteiger partial charge in [0.2, 0.25) is 0 Å². The normalized spacial score (nSPS) is 10.5. The Morgan fingerprint density at radius 2 is 1.58 bits per heavy atom. The molecule has 0 spiro atoms. The van der Waals surface area contributed by atoms with Gasteiger partial charge in [-0.15, -0.1) is 0 Å². The number of carbonyl (C=O) groups excluding carboxylic acids is 2. The summed E-state index contributed by atoms with van der Waals surface area (Å²) in [7, 11) is 1.27. The van der Waals surface area contributed by atoms with Gasteiger partial charge in [-0.05, 0) is 48.5 Å². The molecule has 4 rings (SSSR count). The molecule has 4 aromatic rings. The highest BCUT2D eigenvalue weighted by Gasteiger charge is 2.21. The number of nitrogens with one attached hydrogen (secondary N) is 2. The van der Waals surface area contributed by atoms with E-state index in [9.17, 15) is 14.0 Å². The summed E-state index contributed by atoms with van der Waals surface area (Å²) in [5.74, 6) is -0.476. The molecule has 9 heteroatoms. The van der Waals surface area contributed by atoms with Crippen LogP contribution in [-0.4, -0.2) is 33.5 Å². The van der Waals surface area contributed by atoms with Crippen molar-refractivity contribution in [3.05, 3.63) is 90.6 Å². The lowest BCUT2D eigenvalue weighted by Crippen LogP contribution is -2.16. The maximum absolute atomic E-state index is 14.4. The number of hydrogen-bond acceptors (Lipinski definition) is 4. The number of carbonyl (C=O) groups is 2. The molecule has 2 aromatic carbocycles. The van der Waals surface area contributed by atoms with Gasteiger partial charge in [-0.1, -0.05) is 12.1 Å². The van der Waals surface area contributed by atoms with Crippen molar-refractivity contribution in [2.45, 2.75) is 0 Å². The van der Waals surface area contributed by atoms with Crippen molar-refractivity contribution in [2.75, 3.05) is 17.7 Å². The monoisotopic (exact) mass is 419 g/mol. The van der Waals surface area contributed by atoms with Crippen molar-refractivity contribution < 1.29 is 18.7 Å². The molecule has 2 N–H and O–H groups in total. The molecule has 0 aliphatic carbocycles. The van der Waals surface area contributed by atoms with Crippen molar-refractivity contribution in [2.24, 2.45) is 0 Å². The van der Waals surface area contributed by atoms with E-state index in [2.05, 4.69) is 20.5 Å². The summed E-state index contributed by atoms with van der Waals surface area (Å²) in [6.45, 7) is 0. The molecule has 0 unspecified atom stereocenters. The maximum atomic E-state index is 14.4. The molecular weight excluding hydrogens is 401 g/mol. The lowest BCUT2D eigenvalue weighted by molar-refractivity contribution is 0.102. The van der Waals surface area contributed by atoms with Gasteiger partial charge in [0.15, 0.2) is 5.82 Å². The Hall–Kier alpha value is -4.40. The second-order valence-electron chi connectivity index (χ2n) is 6.48. The van der Waals surface area contributed by atoms with E-state index in [1.807, 2.05) is 0 Å². The molecule has 2 aromatic heterocycles. The van der Waals surface area contributed by atoms with Crippen LogP contribution in [0.1, 0.15) is 10.4 Å². The number of methoxy groups -OCH3 is 1. The van der Waals surface area contributed by atoms with Gasteiger partial charge < -0.3 is 14.6 Å². The van der Waals surface area contributed by atoms with Gasteiger partial charge in [0.1, 0.15) is 17.1 Å². The highest BCUT2D eigenvalue weighted by molar-refractivity contribution is 6.06. The molecule has 0 saturated carbocycles. The highest BCUT2D eigenvalue weighted by Crippen LogP contribution is 2.23. The Kier molecular flexibility index (Phi) is 5.48. The molecule has 0 fully saturated rings. The van der Waals surface area contributed by atoms with E-state index >= 15 is 0 Å². The number of nitrogens with zero attached hydrogens (tertiary/aromatic N) is 3. The Morgan fingerprint density at radius 1 is 0.935 bits per heavy atom. The van der Waals surface area contributed by atoms with Crippen molar-refractivity contribution in [1.82, 2.24) is 14.3 Å². The first-order chi connectivity index (χ1) is 15.1. The van der Waals surface area contributed by atoms with Gasteiger partial charge in [0.05, 0.1) is 13.3 Å². The van der Waals surface area contributed by atoms with E-state index in [0.717, 1.165) is 0 Å². The molecule has 8 nitrogen and oxygen atoms in total. The number of benzene rings is 2. The molecule has 0 aliphatic rings. The molecular formula is C22H18FN5O3. The van der Waals surface area contributed by atoms with Gasteiger partial charge >= 0.3 is 6.09 Å². The first-order valence-corrected chi connectivity index (χ1v) is 9.29. The molecule has 0 aliphatic heterocycles. The van der Waals surface area contributed by atoms with Crippen molar-refractivity contribution in [3.63, 3.8) is 0 Å². The average molecular weight is 419 g/mol. The van der Waals surface area contributed by atoms with Crippen LogP contribution in [0.25, 0.3) is 11.5 Å². The summed E-state index contributed by atoms with van der Waals surface area (Å²) in [6, 6.07) is 16.3. The number of amides is 2. The lowest BCUT2D eigenvalue weighted by atomic mass is 10.2. The number of aromatic nitrogens is 3. The van der Waals surface area contributed by atoms with Crippen molar-refractivity contribution in [3.8, 4) is 11.5 Å². The van der Waals surface area contributed by atoms with Gasteiger partial charge in [-0.2, -0.15) is 5.10 Å². The third-order valence-corrected chi connectivity index (χ3v) is 4.49. The van der Waals surface area contributed by atoms with E-state index in [1.165, 1.54) is 24.1 Å². The summed E-state index contributed by atoms with van der Waals surface area (Å²) < 4.78 is 22.0. The Labute approximate surface area is 176 Å². The fourth-order valence-electron chi connectivity index (χ4n) is 3.03. The summed E-state index contributed by atoms with van der Waals surface area (Å²) in [4.78, 5) is 24.3. The fraction of sp³-hybridized carbons (Fsp3) is 0.0455. The SMILES string of the molecule is COC(=O)Nc1ccc(NC(=O)c2cnn(-c3ccccc3F)c2-n2cccc2)cc1. The topological polar surface area (TPSA) is 90.2 Å². The molecule has 2 heterocycles. The third kappa shape index (κ3) is 4.15. The van der Waals surface area contributed by atoms with Gasteiger partial charge in [-0.3, -0.25) is 10.1 Å². The van der Waals surface area contributed by atoms with Crippen LogP contribution in [-0.2, 0) is 4.74 Å². The zero-order valence-electron chi connectivity index (χ0n) is 16.4. The summed E-state index contributed by atoms with van der Waals surface area (Å²) >= 11 is 0. The predicted octanol–water partition coefficient (Wildman–Crippen LogP) is 4.23. The molecule has 31 heavy (non-hydrogen) atoms. The molecule has 0 bridgehead atoms. The Balaban J connectivity index is 1.64.